The first kappa shape index (κ1) is 14.4. The van der Waals surface area contributed by atoms with Crippen molar-refractivity contribution in [1.82, 2.24) is 9.97 Å². The molecule has 0 aliphatic carbocycles. The Kier molecular flexibility index (Phi) is 3.49. The topological polar surface area (TPSA) is 73.3 Å². The summed E-state index contributed by atoms with van der Waals surface area (Å²) < 4.78 is 11.2. The van der Waals surface area contributed by atoms with E-state index in [0.29, 0.717) is 41.6 Å². The summed E-state index contributed by atoms with van der Waals surface area (Å²) in [5.74, 6) is 1.50. The lowest BCUT2D eigenvalue weighted by Crippen LogP contribution is -2.17. The van der Waals surface area contributed by atoms with Crippen LogP contribution in [-0.2, 0) is 0 Å². The quantitative estimate of drug-likeness (QED) is 0.785. The van der Waals surface area contributed by atoms with Crippen LogP contribution >= 0.6 is 0 Å². The van der Waals surface area contributed by atoms with Crippen molar-refractivity contribution in [3.8, 4) is 11.5 Å². The molecule has 0 fully saturated rings. The molecule has 2 aromatic heterocycles. The monoisotopic (exact) mass is 321 g/mol. The molecule has 0 saturated heterocycles. The van der Waals surface area contributed by atoms with Crippen LogP contribution in [0.3, 0.4) is 0 Å². The molecule has 6 heteroatoms. The lowest BCUT2D eigenvalue weighted by molar-refractivity contribution is 0.102. The Morgan fingerprint density at radius 3 is 2.71 bits per heavy atom. The van der Waals surface area contributed by atoms with E-state index in [0.717, 1.165) is 11.1 Å². The lowest BCUT2D eigenvalue weighted by atomic mass is 10.1. The number of ether oxygens (including phenoxy) is 2. The van der Waals surface area contributed by atoms with Crippen molar-refractivity contribution in [3.05, 3.63) is 54.0 Å². The van der Waals surface area contributed by atoms with Crippen LogP contribution in [0.4, 0.5) is 5.82 Å². The minimum absolute atomic E-state index is 0.310. The Bertz CT molecular complexity index is 940. The summed E-state index contributed by atoms with van der Waals surface area (Å²) in [6.45, 7) is 2.89. The zero-order chi connectivity index (χ0) is 16.5. The van der Waals surface area contributed by atoms with Gasteiger partial charge in [-0.1, -0.05) is 6.07 Å². The number of amides is 1. The summed E-state index contributed by atoms with van der Waals surface area (Å²) in [5, 5.41) is 4.37. The highest BCUT2D eigenvalue weighted by Crippen LogP contribution is 2.35. The number of aryl methyl sites for hydroxylation is 1. The van der Waals surface area contributed by atoms with Crippen LogP contribution in [0.25, 0.3) is 10.8 Å². The fraction of sp³-hybridized carbons (Fsp3) is 0.167. The molecular weight excluding hydrogens is 306 g/mol. The smallest absolute Gasteiger partial charge is 0.276 e. The third kappa shape index (κ3) is 2.62. The molecule has 0 unspecified atom stereocenters. The molecule has 1 aliphatic heterocycles. The fourth-order valence-corrected chi connectivity index (χ4v) is 2.68. The second kappa shape index (κ2) is 5.81. The van der Waals surface area contributed by atoms with Crippen molar-refractivity contribution < 1.29 is 14.3 Å². The average molecular weight is 321 g/mol. The van der Waals surface area contributed by atoms with E-state index in [4.69, 9.17) is 9.47 Å². The van der Waals surface area contributed by atoms with Crippen LogP contribution in [0.5, 0.6) is 11.5 Å². The van der Waals surface area contributed by atoms with E-state index in [2.05, 4.69) is 15.3 Å². The molecule has 0 saturated carbocycles. The second-order valence-electron chi connectivity index (χ2n) is 5.49. The molecule has 1 aromatic carbocycles. The Hall–Kier alpha value is -3.15. The van der Waals surface area contributed by atoms with E-state index in [-0.39, 0.29) is 5.91 Å². The molecule has 1 amide bonds. The number of nitrogens with one attached hydrogen (secondary N) is 1. The average Bonchev–Trinajstić information content (AvgIpc) is 2.59. The Morgan fingerprint density at radius 1 is 1.12 bits per heavy atom. The summed E-state index contributed by atoms with van der Waals surface area (Å²) in [6, 6.07) is 11.0. The van der Waals surface area contributed by atoms with Crippen LogP contribution in [0.1, 0.15) is 16.2 Å². The third-order valence-electron chi connectivity index (χ3n) is 3.77. The number of rotatable bonds is 2. The van der Waals surface area contributed by atoms with Gasteiger partial charge in [-0.2, -0.15) is 0 Å². The summed E-state index contributed by atoms with van der Waals surface area (Å²) in [6.07, 6.45) is 1.61. The fourth-order valence-electron chi connectivity index (χ4n) is 2.68. The molecule has 4 rings (SSSR count). The number of carbonyl (C=O) groups excluding carboxylic acids is 1. The number of nitrogens with zero attached hydrogens (tertiary/aromatic N) is 2. The summed E-state index contributed by atoms with van der Waals surface area (Å²) >= 11 is 0. The lowest BCUT2D eigenvalue weighted by Gasteiger charge is -2.19. The van der Waals surface area contributed by atoms with Crippen molar-refractivity contribution in [1.29, 1.82) is 0 Å². The van der Waals surface area contributed by atoms with E-state index < -0.39 is 0 Å². The predicted octanol–water partition coefficient (Wildman–Crippen LogP) is 2.96. The molecule has 24 heavy (non-hydrogen) atoms. The van der Waals surface area contributed by atoms with E-state index in [1.165, 1.54) is 0 Å². The van der Waals surface area contributed by atoms with E-state index in [1.54, 1.807) is 18.3 Å². The molecule has 0 radical (unpaired) electrons. The minimum atomic E-state index is -0.310. The van der Waals surface area contributed by atoms with Crippen LogP contribution in [0.2, 0.25) is 0 Å². The highest BCUT2D eigenvalue weighted by Gasteiger charge is 2.18. The van der Waals surface area contributed by atoms with Crippen molar-refractivity contribution in [2.45, 2.75) is 6.92 Å². The van der Waals surface area contributed by atoms with Gasteiger partial charge in [-0.15, -0.1) is 0 Å². The van der Waals surface area contributed by atoms with E-state index >= 15 is 0 Å². The molecular formula is C18H15N3O3. The van der Waals surface area contributed by atoms with Gasteiger partial charge in [0.1, 0.15) is 24.7 Å². The molecule has 120 valence electrons. The molecule has 1 N–H and O–H groups in total. The van der Waals surface area contributed by atoms with E-state index in [9.17, 15) is 4.79 Å². The SMILES string of the molecule is Cc1cccc(NC(=O)c2nccc3cc4c(cc23)OCCO4)n1. The summed E-state index contributed by atoms with van der Waals surface area (Å²) in [5.41, 5.74) is 1.16. The molecule has 0 atom stereocenters. The Labute approximate surface area is 138 Å². The Balaban J connectivity index is 1.74. The normalized spacial score (nSPS) is 12.9. The first-order valence-electron chi connectivity index (χ1n) is 7.64. The van der Waals surface area contributed by atoms with Crippen molar-refractivity contribution in [2.24, 2.45) is 0 Å². The van der Waals surface area contributed by atoms with Gasteiger partial charge < -0.3 is 14.8 Å². The van der Waals surface area contributed by atoms with Gasteiger partial charge in [-0.25, -0.2) is 4.98 Å². The maximum absolute atomic E-state index is 12.6. The minimum Gasteiger partial charge on any atom is -0.486 e. The third-order valence-corrected chi connectivity index (χ3v) is 3.77. The van der Waals surface area contributed by atoms with Gasteiger partial charge >= 0.3 is 0 Å². The van der Waals surface area contributed by atoms with Gasteiger partial charge in [0.05, 0.1) is 0 Å². The summed E-state index contributed by atoms with van der Waals surface area (Å²) in [7, 11) is 0. The predicted molar refractivity (Wildman–Crippen MR) is 89.7 cm³/mol. The van der Waals surface area contributed by atoms with Crippen LogP contribution in [0.15, 0.2) is 42.6 Å². The zero-order valence-corrected chi connectivity index (χ0v) is 13.1. The first-order chi connectivity index (χ1) is 11.7. The van der Waals surface area contributed by atoms with Gasteiger partial charge in [0.2, 0.25) is 0 Å². The number of hydrogen-bond acceptors (Lipinski definition) is 5. The molecule has 1 aliphatic rings. The van der Waals surface area contributed by atoms with Gasteiger partial charge in [-0.3, -0.25) is 9.78 Å². The van der Waals surface area contributed by atoms with Gasteiger partial charge in [-0.05, 0) is 42.6 Å². The van der Waals surface area contributed by atoms with Crippen molar-refractivity contribution in [2.75, 3.05) is 18.5 Å². The number of hydrogen-bond donors (Lipinski definition) is 1. The van der Waals surface area contributed by atoms with Crippen molar-refractivity contribution >= 4 is 22.5 Å². The second-order valence-corrected chi connectivity index (χ2v) is 5.49. The van der Waals surface area contributed by atoms with Gasteiger partial charge in [0.15, 0.2) is 11.5 Å². The first-order valence-corrected chi connectivity index (χ1v) is 7.64. The highest BCUT2D eigenvalue weighted by atomic mass is 16.6. The van der Waals surface area contributed by atoms with Crippen LogP contribution in [-0.4, -0.2) is 29.1 Å². The highest BCUT2D eigenvalue weighted by molar-refractivity contribution is 6.11. The standard InChI is InChI=1S/C18H15N3O3/c1-11-3-2-4-16(20-11)21-18(22)17-13-10-15-14(23-7-8-24-15)9-12(13)5-6-19-17/h2-6,9-10H,7-8H2,1H3,(H,20,21,22). The molecule has 0 spiro atoms. The largest absolute Gasteiger partial charge is 0.486 e. The van der Waals surface area contributed by atoms with Gasteiger partial charge in [0.25, 0.3) is 5.91 Å². The van der Waals surface area contributed by atoms with Gasteiger partial charge in [0, 0.05) is 17.3 Å². The maximum atomic E-state index is 12.6. The number of aromatic nitrogens is 2. The number of carbonyl (C=O) groups is 1. The zero-order valence-electron chi connectivity index (χ0n) is 13.1. The number of pyridine rings is 2. The Morgan fingerprint density at radius 2 is 1.92 bits per heavy atom. The molecule has 6 nitrogen and oxygen atoms in total. The van der Waals surface area contributed by atoms with Crippen LogP contribution < -0.4 is 14.8 Å². The summed E-state index contributed by atoms with van der Waals surface area (Å²) in [4.78, 5) is 21.1. The molecule has 3 aromatic rings. The maximum Gasteiger partial charge on any atom is 0.276 e. The molecule has 3 heterocycles. The number of benzene rings is 1. The number of fused-ring (bicyclic) bond motifs is 2. The van der Waals surface area contributed by atoms with Crippen LogP contribution in [0, 0.1) is 6.92 Å². The number of anilines is 1. The van der Waals surface area contributed by atoms with E-state index in [1.807, 2.05) is 31.2 Å². The molecule has 0 bridgehead atoms. The van der Waals surface area contributed by atoms with Crippen molar-refractivity contribution in [3.63, 3.8) is 0 Å².